The molecule has 142 valence electrons. The van der Waals surface area contributed by atoms with E-state index >= 15 is 0 Å². The predicted molar refractivity (Wildman–Crippen MR) is 96.0 cm³/mol. The number of nitrogens with zero attached hydrogens (tertiary/aromatic N) is 5. The maximum absolute atomic E-state index is 12.7. The Kier molecular flexibility index (Phi) is 4.61. The highest BCUT2D eigenvalue weighted by molar-refractivity contribution is 6.05. The number of hydrogen-bond donors (Lipinski definition) is 1. The molecule has 2 aromatic rings. The summed E-state index contributed by atoms with van der Waals surface area (Å²) in [7, 11) is 0. The summed E-state index contributed by atoms with van der Waals surface area (Å²) in [6, 6.07) is 6.87. The summed E-state index contributed by atoms with van der Waals surface area (Å²) in [6.07, 6.45) is 4.27. The monoisotopic (exact) mass is 378 g/mol. The van der Waals surface area contributed by atoms with Gasteiger partial charge in [0.05, 0.1) is 23.6 Å². The number of amides is 3. The highest BCUT2D eigenvalue weighted by Crippen LogP contribution is 2.29. The third kappa shape index (κ3) is 3.24. The molecule has 1 saturated heterocycles. The molecule has 1 aromatic heterocycles. The summed E-state index contributed by atoms with van der Waals surface area (Å²) < 4.78 is 1.64. The van der Waals surface area contributed by atoms with Crippen LogP contribution in [0.5, 0.6) is 0 Å². The Morgan fingerprint density at radius 1 is 1.29 bits per heavy atom. The third-order valence-corrected chi connectivity index (χ3v) is 5.03. The van der Waals surface area contributed by atoms with Gasteiger partial charge in [-0.2, -0.15) is 5.26 Å². The van der Waals surface area contributed by atoms with Gasteiger partial charge in [-0.1, -0.05) is 5.21 Å². The van der Waals surface area contributed by atoms with Crippen molar-refractivity contribution in [1.82, 2.24) is 25.2 Å². The number of rotatable bonds is 5. The molecule has 0 spiro atoms. The minimum Gasteiger partial charge on any atom is -0.322 e. The lowest BCUT2D eigenvalue weighted by Gasteiger charge is -2.29. The van der Waals surface area contributed by atoms with Crippen molar-refractivity contribution in [2.24, 2.45) is 0 Å². The lowest BCUT2D eigenvalue weighted by Crippen LogP contribution is -2.52. The number of fused-ring (bicyclic) bond motifs is 1. The molecule has 1 unspecified atom stereocenters. The summed E-state index contributed by atoms with van der Waals surface area (Å²) in [5.41, 5.74) is 2.95. The van der Waals surface area contributed by atoms with Gasteiger partial charge >= 0.3 is 0 Å². The zero-order valence-corrected chi connectivity index (χ0v) is 15.1. The van der Waals surface area contributed by atoms with Crippen molar-refractivity contribution in [3.8, 4) is 11.8 Å². The number of aromatic nitrogens is 3. The maximum Gasteiger partial charge on any atom is 0.255 e. The number of carbonyl (C=O) groups is 3. The van der Waals surface area contributed by atoms with E-state index in [1.807, 2.05) is 12.3 Å². The SMILES string of the molecule is N#CCCCc1cn(-c2ccc3c(c2)CN(C2CCC(=O)NC2=O)C3=O)nn1. The van der Waals surface area contributed by atoms with E-state index in [-0.39, 0.29) is 18.2 Å². The van der Waals surface area contributed by atoms with Crippen LogP contribution in [0.4, 0.5) is 0 Å². The summed E-state index contributed by atoms with van der Waals surface area (Å²) in [5, 5.41) is 19.2. The average Bonchev–Trinajstić information content (AvgIpc) is 3.27. The van der Waals surface area contributed by atoms with Crippen LogP contribution in [-0.4, -0.2) is 43.7 Å². The van der Waals surface area contributed by atoms with Gasteiger partial charge in [0.2, 0.25) is 11.8 Å². The topological polar surface area (TPSA) is 121 Å². The smallest absolute Gasteiger partial charge is 0.255 e. The van der Waals surface area contributed by atoms with E-state index in [4.69, 9.17) is 5.26 Å². The van der Waals surface area contributed by atoms with Crippen molar-refractivity contribution in [2.45, 2.75) is 44.7 Å². The van der Waals surface area contributed by atoms with Crippen LogP contribution in [0.1, 0.15) is 47.3 Å². The van der Waals surface area contributed by atoms with Crippen LogP contribution < -0.4 is 5.32 Å². The molecule has 3 amide bonds. The number of aryl methyl sites for hydroxylation is 1. The molecule has 2 aliphatic heterocycles. The Bertz CT molecular complexity index is 1010. The molecular formula is C19H18N6O3. The Morgan fingerprint density at radius 3 is 2.93 bits per heavy atom. The van der Waals surface area contributed by atoms with Gasteiger partial charge in [-0.3, -0.25) is 19.7 Å². The van der Waals surface area contributed by atoms with E-state index in [2.05, 4.69) is 21.7 Å². The maximum atomic E-state index is 12.7. The van der Waals surface area contributed by atoms with Crippen molar-refractivity contribution in [3.05, 3.63) is 41.2 Å². The van der Waals surface area contributed by atoms with Gasteiger partial charge in [0.1, 0.15) is 6.04 Å². The summed E-state index contributed by atoms with van der Waals surface area (Å²) in [4.78, 5) is 37.7. The van der Waals surface area contributed by atoms with E-state index in [0.717, 1.165) is 23.4 Å². The van der Waals surface area contributed by atoms with E-state index in [1.54, 1.807) is 16.8 Å². The van der Waals surface area contributed by atoms with E-state index in [0.29, 0.717) is 31.4 Å². The lowest BCUT2D eigenvalue weighted by molar-refractivity contribution is -0.136. The number of nitriles is 1. The minimum atomic E-state index is -0.626. The van der Waals surface area contributed by atoms with E-state index in [9.17, 15) is 14.4 Å². The van der Waals surface area contributed by atoms with Gasteiger partial charge in [0.15, 0.2) is 0 Å². The Balaban J connectivity index is 1.52. The van der Waals surface area contributed by atoms with Crippen molar-refractivity contribution in [3.63, 3.8) is 0 Å². The number of nitrogens with one attached hydrogen (secondary N) is 1. The molecular weight excluding hydrogens is 360 g/mol. The molecule has 1 fully saturated rings. The van der Waals surface area contributed by atoms with Crippen molar-refractivity contribution in [1.29, 1.82) is 5.26 Å². The second kappa shape index (κ2) is 7.23. The molecule has 4 rings (SSSR count). The molecule has 1 N–H and O–H groups in total. The Hall–Kier alpha value is -3.54. The quantitative estimate of drug-likeness (QED) is 0.609. The molecule has 28 heavy (non-hydrogen) atoms. The fourth-order valence-corrected chi connectivity index (χ4v) is 3.59. The zero-order chi connectivity index (χ0) is 19.7. The molecule has 1 aromatic carbocycles. The van der Waals surface area contributed by atoms with Gasteiger partial charge < -0.3 is 4.90 Å². The van der Waals surface area contributed by atoms with Gasteiger partial charge in [0, 0.05) is 24.9 Å². The van der Waals surface area contributed by atoms with Crippen LogP contribution in [0.15, 0.2) is 24.4 Å². The second-order valence-electron chi connectivity index (χ2n) is 6.91. The van der Waals surface area contributed by atoms with Crippen LogP contribution in [0, 0.1) is 11.3 Å². The average molecular weight is 378 g/mol. The fraction of sp³-hybridized carbons (Fsp3) is 0.368. The summed E-state index contributed by atoms with van der Waals surface area (Å²) in [6.45, 7) is 0.317. The number of unbranched alkanes of at least 4 members (excludes halogenated alkanes) is 1. The van der Waals surface area contributed by atoms with Crippen LogP contribution in [0.25, 0.3) is 5.69 Å². The van der Waals surface area contributed by atoms with Gasteiger partial charge in [-0.25, -0.2) is 4.68 Å². The third-order valence-electron chi connectivity index (χ3n) is 5.03. The summed E-state index contributed by atoms with van der Waals surface area (Å²) >= 11 is 0. The van der Waals surface area contributed by atoms with Crippen molar-refractivity contribution >= 4 is 17.7 Å². The largest absolute Gasteiger partial charge is 0.322 e. The van der Waals surface area contributed by atoms with Crippen molar-refractivity contribution in [2.75, 3.05) is 0 Å². The highest BCUT2D eigenvalue weighted by atomic mass is 16.2. The molecule has 9 heteroatoms. The first-order chi connectivity index (χ1) is 13.6. The normalized spacial score (nSPS) is 18.8. The molecule has 2 aliphatic rings. The minimum absolute atomic E-state index is 0.202. The van der Waals surface area contributed by atoms with Crippen molar-refractivity contribution < 1.29 is 14.4 Å². The van der Waals surface area contributed by atoms with Crippen LogP contribution in [0.2, 0.25) is 0 Å². The first-order valence-electron chi connectivity index (χ1n) is 9.13. The second-order valence-corrected chi connectivity index (χ2v) is 6.91. The Morgan fingerprint density at radius 2 is 2.14 bits per heavy atom. The van der Waals surface area contributed by atoms with Crippen LogP contribution in [0.3, 0.4) is 0 Å². The molecule has 0 saturated carbocycles. The Labute approximate surface area is 160 Å². The standard InChI is InChI=1S/C19H18N6O3/c20-8-2-1-3-13-11-25(23-22-13)14-4-5-15-12(9-14)10-24(19(15)28)16-6-7-17(26)21-18(16)27/h4-5,9,11,16H,1-3,6-7,10H2,(H,21,26,27). The predicted octanol–water partition coefficient (Wildman–Crippen LogP) is 0.875. The molecule has 0 bridgehead atoms. The molecule has 1 atom stereocenters. The summed E-state index contributed by atoms with van der Waals surface area (Å²) in [5.74, 6) is -0.924. The molecule has 0 radical (unpaired) electrons. The first-order valence-corrected chi connectivity index (χ1v) is 9.13. The van der Waals surface area contributed by atoms with E-state index in [1.165, 1.54) is 4.90 Å². The fourth-order valence-electron chi connectivity index (χ4n) is 3.59. The number of imide groups is 1. The van der Waals surface area contributed by atoms with Gasteiger partial charge in [-0.15, -0.1) is 5.10 Å². The molecule has 9 nitrogen and oxygen atoms in total. The van der Waals surface area contributed by atoms with Crippen LogP contribution >= 0.6 is 0 Å². The molecule has 3 heterocycles. The molecule has 0 aliphatic carbocycles. The number of benzene rings is 1. The zero-order valence-electron chi connectivity index (χ0n) is 15.1. The lowest BCUT2D eigenvalue weighted by atomic mass is 10.0. The first kappa shape index (κ1) is 17.9. The number of hydrogen-bond acceptors (Lipinski definition) is 6. The van der Waals surface area contributed by atoms with Crippen LogP contribution in [-0.2, 0) is 22.6 Å². The van der Waals surface area contributed by atoms with Gasteiger partial charge in [-0.05, 0) is 43.0 Å². The highest BCUT2D eigenvalue weighted by Gasteiger charge is 2.39. The van der Waals surface area contributed by atoms with E-state index < -0.39 is 11.9 Å². The van der Waals surface area contributed by atoms with Gasteiger partial charge in [0.25, 0.3) is 5.91 Å². The number of piperidine rings is 1. The number of carbonyl (C=O) groups excluding carboxylic acids is 3.